The Balaban J connectivity index is 2.70. The summed E-state index contributed by atoms with van der Waals surface area (Å²) in [5, 5.41) is 19.5. The number of hydrogen-bond donors (Lipinski definition) is 2. The third kappa shape index (κ3) is 7.54. The van der Waals surface area contributed by atoms with E-state index < -0.39 is 0 Å². The number of carbonyl (C=O) groups excluding carboxylic acids is 1. The number of aliphatic hydroxyl groups excluding tert-OH is 1. The second-order valence-electron chi connectivity index (χ2n) is 5.40. The Morgan fingerprint density at radius 2 is 1.96 bits per heavy atom. The maximum atomic E-state index is 11.5. The van der Waals surface area contributed by atoms with Crippen LogP contribution >= 0.6 is 0 Å². The van der Waals surface area contributed by atoms with Gasteiger partial charge in [-0.3, -0.25) is 4.79 Å². The second-order valence-corrected chi connectivity index (χ2v) is 5.40. The molecule has 0 amide bonds. The molecule has 1 aromatic rings. The maximum absolute atomic E-state index is 11.5. The zero-order valence-corrected chi connectivity index (χ0v) is 13.9. The van der Waals surface area contributed by atoms with Gasteiger partial charge in [-0.15, -0.1) is 0 Å². The van der Waals surface area contributed by atoms with E-state index in [1.165, 1.54) is 12.2 Å². The van der Waals surface area contributed by atoms with Crippen LogP contribution in [0.15, 0.2) is 36.1 Å². The number of hydrogen-bond acceptors (Lipinski definition) is 4. The fraction of sp³-hybridized carbons (Fsp3) is 0.421. The summed E-state index contributed by atoms with van der Waals surface area (Å²) in [6.45, 7) is 4.63. The number of rotatable bonds is 10. The van der Waals surface area contributed by atoms with Gasteiger partial charge in [0.15, 0.2) is 17.3 Å². The number of carbonyl (C=O) groups is 1. The van der Waals surface area contributed by atoms with Crippen molar-refractivity contribution in [2.24, 2.45) is 0 Å². The van der Waals surface area contributed by atoms with E-state index in [4.69, 9.17) is 4.74 Å². The number of aliphatic hydroxyl groups is 1. The number of ketones is 1. The van der Waals surface area contributed by atoms with Crippen molar-refractivity contribution in [3.8, 4) is 11.5 Å². The number of ether oxygens (including phenoxy) is 1. The molecule has 0 radical (unpaired) electrons. The Hall–Kier alpha value is -2.23. The van der Waals surface area contributed by atoms with Crippen LogP contribution < -0.4 is 4.74 Å². The van der Waals surface area contributed by atoms with Crippen molar-refractivity contribution in [3.63, 3.8) is 0 Å². The minimum atomic E-state index is -0.0803. The van der Waals surface area contributed by atoms with Gasteiger partial charge in [0.05, 0.1) is 6.61 Å². The Kier molecular flexibility index (Phi) is 8.58. The van der Waals surface area contributed by atoms with Crippen molar-refractivity contribution >= 4 is 11.9 Å². The topological polar surface area (TPSA) is 66.8 Å². The molecule has 0 aliphatic carbocycles. The molecule has 2 N–H and O–H groups in total. The summed E-state index contributed by atoms with van der Waals surface area (Å²) in [4.78, 5) is 11.5. The van der Waals surface area contributed by atoms with Gasteiger partial charge in [-0.25, -0.2) is 0 Å². The summed E-state index contributed by atoms with van der Waals surface area (Å²) < 4.78 is 5.52. The first-order valence-electron chi connectivity index (χ1n) is 8.14. The molecular weight excluding hydrogens is 292 g/mol. The lowest BCUT2D eigenvalue weighted by atomic mass is 10.1. The van der Waals surface area contributed by atoms with Gasteiger partial charge in [-0.2, -0.15) is 0 Å². The van der Waals surface area contributed by atoms with E-state index in [9.17, 15) is 15.0 Å². The molecule has 4 heteroatoms. The van der Waals surface area contributed by atoms with Crippen molar-refractivity contribution < 1.29 is 19.7 Å². The van der Waals surface area contributed by atoms with Gasteiger partial charge in [0.1, 0.15) is 5.76 Å². The van der Waals surface area contributed by atoms with Gasteiger partial charge in [0, 0.05) is 12.5 Å². The predicted octanol–water partition coefficient (Wildman–Crippen LogP) is 4.79. The predicted molar refractivity (Wildman–Crippen MR) is 92.8 cm³/mol. The lowest BCUT2D eigenvalue weighted by Gasteiger charge is -2.08. The van der Waals surface area contributed by atoms with E-state index in [1.807, 2.05) is 6.92 Å². The molecule has 0 saturated carbocycles. The number of aromatic hydroxyl groups is 1. The minimum absolute atomic E-state index is 0.0763. The smallest absolute Gasteiger partial charge is 0.161 e. The highest BCUT2D eigenvalue weighted by Crippen LogP contribution is 2.27. The summed E-state index contributed by atoms with van der Waals surface area (Å²) in [6, 6.07) is 4.96. The first kappa shape index (κ1) is 18.8. The average molecular weight is 318 g/mol. The lowest BCUT2D eigenvalue weighted by Crippen LogP contribution is -1.96. The quantitative estimate of drug-likeness (QED) is 0.282. The van der Waals surface area contributed by atoms with Crippen LogP contribution in [0.25, 0.3) is 6.08 Å². The summed E-state index contributed by atoms with van der Waals surface area (Å²) in [6.07, 6.45) is 8.53. The molecule has 0 unspecified atom stereocenters. The highest BCUT2D eigenvalue weighted by Gasteiger charge is 2.03. The Morgan fingerprint density at radius 1 is 1.22 bits per heavy atom. The van der Waals surface area contributed by atoms with Gasteiger partial charge in [0.2, 0.25) is 0 Å². The Bertz CT molecular complexity index is 558. The van der Waals surface area contributed by atoms with E-state index in [-0.39, 0.29) is 17.3 Å². The van der Waals surface area contributed by atoms with Crippen LogP contribution in [0, 0.1) is 0 Å². The molecule has 1 rings (SSSR count). The number of unbranched alkanes of at least 4 members (excludes halogenated alkanes) is 2. The number of benzene rings is 1. The van der Waals surface area contributed by atoms with Crippen molar-refractivity contribution in [2.75, 3.05) is 6.61 Å². The molecular formula is C19H26O4. The van der Waals surface area contributed by atoms with Crippen molar-refractivity contribution in [2.45, 2.75) is 46.0 Å². The third-order valence-electron chi connectivity index (χ3n) is 3.27. The van der Waals surface area contributed by atoms with Gasteiger partial charge >= 0.3 is 0 Å². The van der Waals surface area contributed by atoms with E-state index >= 15 is 0 Å². The zero-order valence-electron chi connectivity index (χ0n) is 13.9. The molecule has 0 aliphatic heterocycles. The Labute approximate surface area is 138 Å². The standard InChI is InChI=1S/C19H26O4/c1-3-5-7-16(20)14-17(21)10-8-15-9-11-18(22)19(13-15)23-12-6-4-2/h8-11,13-14,21-22H,3-7,12H2,1-2H3. The van der Waals surface area contributed by atoms with Crippen LogP contribution in [-0.2, 0) is 4.79 Å². The summed E-state index contributed by atoms with van der Waals surface area (Å²) >= 11 is 0. The van der Waals surface area contributed by atoms with Crippen LogP contribution in [0.4, 0.5) is 0 Å². The highest BCUT2D eigenvalue weighted by atomic mass is 16.5. The van der Waals surface area contributed by atoms with E-state index in [0.29, 0.717) is 18.8 Å². The molecule has 0 aliphatic rings. The molecule has 0 atom stereocenters. The molecule has 0 bridgehead atoms. The lowest BCUT2D eigenvalue weighted by molar-refractivity contribution is -0.114. The molecule has 0 heterocycles. The summed E-state index contributed by atoms with van der Waals surface area (Å²) in [5.74, 6) is 0.353. The second kappa shape index (κ2) is 10.5. The summed E-state index contributed by atoms with van der Waals surface area (Å²) in [7, 11) is 0. The SMILES string of the molecule is CCCCOc1cc(C=CC(O)=CC(=O)CCCC)ccc1O. The maximum Gasteiger partial charge on any atom is 0.161 e. The highest BCUT2D eigenvalue weighted by molar-refractivity contribution is 5.90. The van der Waals surface area contributed by atoms with E-state index in [0.717, 1.165) is 31.2 Å². The monoisotopic (exact) mass is 318 g/mol. The molecule has 126 valence electrons. The van der Waals surface area contributed by atoms with Gasteiger partial charge in [-0.1, -0.05) is 38.8 Å². The molecule has 0 aromatic heterocycles. The van der Waals surface area contributed by atoms with Crippen LogP contribution in [0.5, 0.6) is 11.5 Å². The number of phenolic OH excluding ortho intramolecular Hbond substituents is 1. The first-order valence-corrected chi connectivity index (χ1v) is 8.14. The van der Waals surface area contributed by atoms with Crippen LogP contribution in [0.3, 0.4) is 0 Å². The van der Waals surface area contributed by atoms with E-state index in [1.54, 1.807) is 24.3 Å². The molecule has 1 aromatic carbocycles. The van der Waals surface area contributed by atoms with Crippen molar-refractivity contribution in [1.82, 2.24) is 0 Å². The molecule has 0 spiro atoms. The number of phenols is 1. The van der Waals surface area contributed by atoms with Crippen molar-refractivity contribution in [3.05, 3.63) is 41.7 Å². The fourth-order valence-electron chi connectivity index (χ4n) is 1.89. The van der Waals surface area contributed by atoms with Gasteiger partial charge in [0.25, 0.3) is 0 Å². The largest absolute Gasteiger partial charge is 0.508 e. The Morgan fingerprint density at radius 3 is 2.65 bits per heavy atom. The molecule has 0 fully saturated rings. The zero-order chi connectivity index (χ0) is 17.1. The minimum Gasteiger partial charge on any atom is -0.508 e. The average Bonchev–Trinajstić information content (AvgIpc) is 2.53. The number of allylic oxidation sites excluding steroid dienone is 2. The first-order chi connectivity index (χ1) is 11.1. The van der Waals surface area contributed by atoms with Crippen LogP contribution in [0.2, 0.25) is 0 Å². The van der Waals surface area contributed by atoms with Crippen molar-refractivity contribution in [1.29, 1.82) is 0 Å². The molecule has 23 heavy (non-hydrogen) atoms. The van der Waals surface area contributed by atoms with Gasteiger partial charge in [-0.05, 0) is 36.6 Å². The molecule has 4 nitrogen and oxygen atoms in total. The van der Waals surface area contributed by atoms with E-state index in [2.05, 4.69) is 6.92 Å². The van der Waals surface area contributed by atoms with Crippen LogP contribution in [0.1, 0.15) is 51.5 Å². The molecule has 0 saturated heterocycles. The fourth-order valence-corrected chi connectivity index (χ4v) is 1.89. The summed E-state index contributed by atoms with van der Waals surface area (Å²) in [5.41, 5.74) is 0.773. The normalized spacial score (nSPS) is 11.8. The third-order valence-corrected chi connectivity index (χ3v) is 3.27. The van der Waals surface area contributed by atoms with Gasteiger partial charge < -0.3 is 14.9 Å². The van der Waals surface area contributed by atoms with Crippen LogP contribution in [-0.4, -0.2) is 22.6 Å².